The standard InChI is InChI=1S/C12H8N2O2S2/c15-11-9(18-12(17)14-11)5-6-10-13-7-3-1-2-4-8(7)16-10/h1-6,15H,(H,14,17)/b6-5+. The molecule has 0 radical (unpaired) electrons. The summed E-state index contributed by atoms with van der Waals surface area (Å²) in [6.45, 7) is 0. The van der Waals surface area contributed by atoms with E-state index in [-0.39, 0.29) is 5.88 Å². The van der Waals surface area contributed by atoms with Gasteiger partial charge >= 0.3 is 0 Å². The van der Waals surface area contributed by atoms with Crippen LogP contribution in [-0.2, 0) is 0 Å². The summed E-state index contributed by atoms with van der Waals surface area (Å²) in [5.74, 6) is 0.562. The number of aromatic nitrogens is 2. The predicted molar refractivity (Wildman–Crippen MR) is 74.1 cm³/mol. The van der Waals surface area contributed by atoms with Crippen molar-refractivity contribution in [3.63, 3.8) is 0 Å². The van der Waals surface area contributed by atoms with Crippen molar-refractivity contribution >= 4 is 46.8 Å². The van der Waals surface area contributed by atoms with Crippen LogP contribution >= 0.6 is 23.6 Å². The van der Waals surface area contributed by atoms with Gasteiger partial charge in [0.1, 0.15) is 5.52 Å². The third-order valence-corrected chi connectivity index (χ3v) is 3.53. The Balaban J connectivity index is 1.96. The molecular formula is C12H8N2O2S2. The number of para-hydroxylation sites is 2. The Bertz CT molecular complexity index is 750. The Labute approximate surface area is 111 Å². The van der Waals surface area contributed by atoms with Gasteiger partial charge < -0.3 is 14.5 Å². The van der Waals surface area contributed by atoms with Crippen LogP contribution in [0.15, 0.2) is 28.7 Å². The van der Waals surface area contributed by atoms with E-state index in [4.69, 9.17) is 16.6 Å². The summed E-state index contributed by atoms with van der Waals surface area (Å²) in [7, 11) is 0. The Hall–Kier alpha value is -1.92. The lowest BCUT2D eigenvalue weighted by Gasteiger charge is -1.85. The Kier molecular flexibility index (Phi) is 2.73. The number of aromatic hydroxyl groups is 1. The maximum Gasteiger partial charge on any atom is 0.220 e. The number of hydrogen-bond donors (Lipinski definition) is 2. The highest BCUT2D eigenvalue weighted by Gasteiger charge is 2.03. The first kappa shape index (κ1) is 11.2. The van der Waals surface area contributed by atoms with Gasteiger partial charge in [0.05, 0.1) is 4.88 Å². The molecule has 0 bridgehead atoms. The van der Waals surface area contributed by atoms with Crippen molar-refractivity contribution in [2.24, 2.45) is 0 Å². The second kappa shape index (κ2) is 4.40. The van der Waals surface area contributed by atoms with E-state index in [1.807, 2.05) is 24.3 Å². The van der Waals surface area contributed by atoms with Crippen molar-refractivity contribution in [3.05, 3.63) is 39.0 Å². The van der Waals surface area contributed by atoms with Gasteiger partial charge in [-0.3, -0.25) is 0 Å². The SMILES string of the molecule is Oc1[nH]c(=S)sc1/C=C/c1nc2ccccc2o1. The fourth-order valence-electron chi connectivity index (χ4n) is 1.55. The molecule has 3 rings (SSSR count). The van der Waals surface area contributed by atoms with E-state index in [0.717, 1.165) is 11.1 Å². The zero-order valence-electron chi connectivity index (χ0n) is 9.08. The maximum atomic E-state index is 9.54. The van der Waals surface area contributed by atoms with E-state index in [0.29, 0.717) is 14.7 Å². The molecule has 0 unspecified atom stereocenters. The van der Waals surface area contributed by atoms with Gasteiger partial charge in [0.15, 0.2) is 9.54 Å². The number of rotatable bonds is 2. The number of nitrogens with zero attached hydrogens (tertiary/aromatic N) is 1. The Morgan fingerprint density at radius 1 is 1.33 bits per heavy atom. The molecule has 1 aromatic carbocycles. The molecule has 6 heteroatoms. The summed E-state index contributed by atoms with van der Waals surface area (Å²) in [5, 5.41) is 9.54. The molecular weight excluding hydrogens is 268 g/mol. The predicted octanol–water partition coefficient (Wildman–Crippen LogP) is 3.82. The average molecular weight is 276 g/mol. The molecule has 0 saturated heterocycles. The minimum atomic E-state index is 0.0670. The molecule has 0 amide bonds. The molecule has 18 heavy (non-hydrogen) atoms. The lowest BCUT2D eigenvalue weighted by Crippen LogP contribution is -1.69. The molecule has 0 aliphatic heterocycles. The molecule has 0 saturated carbocycles. The van der Waals surface area contributed by atoms with E-state index in [2.05, 4.69) is 9.97 Å². The van der Waals surface area contributed by atoms with Gasteiger partial charge in [-0.15, -0.1) is 11.3 Å². The number of oxazole rings is 1. The smallest absolute Gasteiger partial charge is 0.220 e. The van der Waals surface area contributed by atoms with E-state index >= 15 is 0 Å². The first-order valence-electron chi connectivity index (χ1n) is 5.18. The largest absolute Gasteiger partial charge is 0.494 e. The fraction of sp³-hybridized carbons (Fsp3) is 0. The van der Waals surface area contributed by atoms with Gasteiger partial charge in [0, 0.05) is 6.08 Å². The molecule has 2 aromatic heterocycles. The normalized spacial score (nSPS) is 11.6. The molecule has 90 valence electrons. The van der Waals surface area contributed by atoms with Crippen molar-refractivity contribution < 1.29 is 9.52 Å². The molecule has 4 nitrogen and oxygen atoms in total. The number of aromatic amines is 1. The van der Waals surface area contributed by atoms with Crippen LogP contribution in [0.3, 0.4) is 0 Å². The second-order valence-corrected chi connectivity index (χ2v) is 5.30. The molecule has 0 aliphatic rings. The summed E-state index contributed by atoms with van der Waals surface area (Å²) in [6.07, 6.45) is 3.42. The van der Waals surface area contributed by atoms with Crippen molar-refractivity contribution in [2.45, 2.75) is 0 Å². The summed E-state index contributed by atoms with van der Waals surface area (Å²) in [5.41, 5.74) is 1.55. The van der Waals surface area contributed by atoms with Crippen LogP contribution in [0.25, 0.3) is 23.3 Å². The van der Waals surface area contributed by atoms with Crippen LogP contribution in [0, 0.1) is 3.95 Å². The second-order valence-electron chi connectivity index (χ2n) is 3.58. The quantitative estimate of drug-likeness (QED) is 0.698. The topological polar surface area (TPSA) is 62.0 Å². The zero-order chi connectivity index (χ0) is 12.5. The van der Waals surface area contributed by atoms with Gasteiger partial charge in [-0.05, 0) is 30.4 Å². The minimum Gasteiger partial charge on any atom is -0.494 e. The van der Waals surface area contributed by atoms with Crippen LogP contribution in [-0.4, -0.2) is 15.1 Å². The molecule has 0 atom stereocenters. The van der Waals surface area contributed by atoms with Crippen molar-refractivity contribution in [3.8, 4) is 5.88 Å². The molecule has 0 fully saturated rings. The van der Waals surface area contributed by atoms with Crippen LogP contribution in [0.5, 0.6) is 5.88 Å². The summed E-state index contributed by atoms with van der Waals surface area (Å²) in [4.78, 5) is 7.61. The van der Waals surface area contributed by atoms with Gasteiger partial charge in [0.25, 0.3) is 0 Å². The summed E-state index contributed by atoms with van der Waals surface area (Å²) >= 11 is 6.23. The minimum absolute atomic E-state index is 0.0670. The van der Waals surface area contributed by atoms with Gasteiger partial charge in [-0.1, -0.05) is 12.1 Å². The van der Waals surface area contributed by atoms with Crippen molar-refractivity contribution in [1.82, 2.24) is 9.97 Å². The van der Waals surface area contributed by atoms with Crippen LogP contribution in [0.4, 0.5) is 0 Å². The van der Waals surface area contributed by atoms with Gasteiger partial charge in [-0.25, -0.2) is 4.98 Å². The highest BCUT2D eigenvalue weighted by atomic mass is 32.1. The van der Waals surface area contributed by atoms with E-state index in [9.17, 15) is 5.11 Å². The van der Waals surface area contributed by atoms with Crippen molar-refractivity contribution in [1.29, 1.82) is 0 Å². The Morgan fingerprint density at radius 3 is 2.89 bits per heavy atom. The average Bonchev–Trinajstić information content (AvgIpc) is 2.89. The first-order chi connectivity index (χ1) is 8.72. The number of nitrogens with one attached hydrogen (secondary N) is 1. The van der Waals surface area contributed by atoms with Crippen LogP contribution in [0.2, 0.25) is 0 Å². The number of fused-ring (bicyclic) bond motifs is 1. The monoisotopic (exact) mass is 276 g/mol. The van der Waals surface area contributed by atoms with Crippen LogP contribution in [0.1, 0.15) is 10.8 Å². The number of H-pyrrole nitrogens is 1. The summed E-state index contributed by atoms with van der Waals surface area (Å²) < 4.78 is 6.06. The van der Waals surface area contributed by atoms with Gasteiger partial charge in [-0.2, -0.15) is 0 Å². The van der Waals surface area contributed by atoms with E-state index < -0.39 is 0 Å². The molecule has 2 N–H and O–H groups in total. The lowest BCUT2D eigenvalue weighted by molar-refractivity contribution is 0.456. The molecule has 0 aliphatic carbocycles. The number of thiazole rings is 1. The van der Waals surface area contributed by atoms with Crippen LogP contribution < -0.4 is 0 Å². The zero-order valence-corrected chi connectivity index (χ0v) is 10.7. The first-order valence-corrected chi connectivity index (χ1v) is 6.40. The highest BCUT2D eigenvalue weighted by molar-refractivity contribution is 7.73. The lowest BCUT2D eigenvalue weighted by atomic mass is 10.3. The van der Waals surface area contributed by atoms with E-state index in [1.54, 1.807) is 12.2 Å². The fourth-order valence-corrected chi connectivity index (χ4v) is 2.55. The maximum absolute atomic E-state index is 9.54. The Morgan fingerprint density at radius 2 is 2.17 bits per heavy atom. The summed E-state index contributed by atoms with van der Waals surface area (Å²) in [6, 6.07) is 7.54. The van der Waals surface area contributed by atoms with Crippen molar-refractivity contribution in [2.75, 3.05) is 0 Å². The molecule has 3 aromatic rings. The van der Waals surface area contributed by atoms with E-state index in [1.165, 1.54) is 11.3 Å². The third kappa shape index (κ3) is 2.07. The molecule has 2 heterocycles. The number of benzene rings is 1. The highest BCUT2D eigenvalue weighted by Crippen LogP contribution is 2.24. The third-order valence-electron chi connectivity index (χ3n) is 2.34. The molecule has 0 spiro atoms. The number of hydrogen-bond acceptors (Lipinski definition) is 5. The van der Waals surface area contributed by atoms with Gasteiger partial charge in [0.2, 0.25) is 11.8 Å².